The van der Waals surface area contributed by atoms with Gasteiger partial charge in [0.05, 0.1) is 0 Å². The van der Waals surface area contributed by atoms with Gasteiger partial charge in [-0.2, -0.15) is 0 Å². The third-order valence-corrected chi connectivity index (χ3v) is 3.76. The molecule has 1 amide bonds. The standard InChI is InChI=1S/C17H14ClNO3/c1-10(20)11-3-2-4-14(8-11)19-17(21)16-9-12-7-13(18)5-6-15(12)22-16/h2-8,16H,9H2,1H3,(H,19,21). The highest BCUT2D eigenvalue weighted by atomic mass is 35.5. The maximum Gasteiger partial charge on any atom is 0.265 e. The van der Waals surface area contributed by atoms with Crippen LogP contribution in [0.4, 0.5) is 5.69 Å². The molecule has 0 saturated heterocycles. The molecule has 1 aliphatic rings. The number of hydrogen-bond donors (Lipinski definition) is 1. The zero-order chi connectivity index (χ0) is 15.7. The molecule has 2 aromatic rings. The van der Waals surface area contributed by atoms with Crippen molar-refractivity contribution >= 4 is 29.0 Å². The van der Waals surface area contributed by atoms with Crippen LogP contribution in [0.5, 0.6) is 5.75 Å². The van der Waals surface area contributed by atoms with E-state index in [9.17, 15) is 9.59 Å². The average Bonchev–Trinajstić information content (AvgIpc) is 2.90. The number of amides is 1. The maximum absolute atomic E-state index is 12.3. The molecule has 1 N–H and O–H groups in total. The van der Waals surface area contributed by atoms with Crippen molar-refractivity contribution in [2.45, 2.75) is 19.4 Å². The number of ether oxygens (including phenoxy) is 1. The molecule has 3 rings (SSSR count). The van der Waals surface area contributed by atoms with Crippen molar-refractivity contribution in [1.82, 2.24) is 0 Å². The van der Waals surface area contributed by atoms with Gasteiger partial charge in [-0.05, 0) is 42.8 Å². The van der Waals surface area contributed by atoms with E-state index < -0.39 is 6.10 Å². The molecule has 0 aliphatic carbocycles. The van der Waals surface area contributed by atoms with Crippen molar-refractivity contribution in [1.29, 1.82) is 0 Å². The summed E-state index contributed by atoms with van der Waals surface area (Å²) >= 11 is 5.94. The lowest BCUT2D eigenvalue weighted by atomic mass is 10.1. The lowest BCUT2D eigenvalue weighted by Gasteiger charge is -2.11. The van der Waals surface area contributed by atoms with E-state index in [1.165, 1.54) is 6.92 Å². The van der Waals surface area contributed by atoms with Gasteiger partial charge in [0.25, 0.3) is 5.91 Å². The molecule has 0 saturated carbocycles. The van der Waals surface area contributed by atoms with Crippen LogP contribution in [0.15, 0.2) is 42.5 Å². The van der Waals surface area contributed by atoms with E-state index in [0.29, 0.717) is 28.4 Å². The first-order valence-corrected chi connectivity index (χ1v) is 7.27. The molecule has 0 radical (unpaired) electrons. The predicted molar refractivity (Wildman–Crippen MR) is 84.6 cm³/mol. The molecule has 2 aromatic carbocycles. The summed E-state index contributed by atoms with van der Waals surface area (Å²) in [5, 5.41) is 3.40. The van der Waals surface area contributed by atoms with Crippen molar-refractivity contribution in [2.75, 3.05) is 5.32 Å². The molecular formula is C17H14ClNO3. The first-order chi connectivity index (χ1) is 10.5. The minimum atomic E-state index is -0.588. The van der Waals surface area contributed by atoms with E-state index in [0.717, 1.165) is 5.56 Å². The zero-order valence-corrected chi connectivity index (χ0v) is 12.7. The van der Waals surface area contributed by atoms with Crippen molar-refractivity contribution < 1.29 is 14.3 Å². The maximum atomic E-state index is 12.3. The van der Waals surface area contributed by atoms with Crippen molar-refractivity contribution in [2.24, 2.45) is 0 Å². The third-order valence-electron chi connectivity index (χ3n) is 3.53. The fourth-order valence-corrected chi connectivity index (χ4v) is 2.60. The number of ketones is 1. The Morgan fingerprint density at radius 1 is 1.23 bits per heavy atom. The van der Waals surface area contributed by atoms with Gasteiger partial charge in [-0.1, -0.05) is 23.7 Å². The number of halogens is 1. The van der Waals surface area contributed by atoms with Gasteiger partial charge in [-0.15, -0.1) is 0 Å². The van der Waals surface area contributed by atoms with Crippen molar-refractivity contribution in [3.05, 3.63) is 58.6 Å². The second-order valence-corrected chi connectivity index (χ2v) is 5.63. The summed E-state index contributed by atoms with van der Waals surface area (Å²) in [6.45, 7) is 1.49. The number of carbonyl (C=O) groups excluding carboxylic acids is 2. The van der Waals surface area contributed by atoms with E-state index in [2.05, 4.69) is 5.32 Å². The summed E-state index contributed by atoms with van der Waals surface area (Å²) in [4.78, 5) is 23.7. The van der Waals surface area contributed by atoms with E-state index in [1.54, 1.807) is 42.5 Å². The second-order valence-electron chi connectivity index (χ2n) is 5.19. The van der Waals surface area contributed by atoms with Gasteiger partial charge in [0.1, 0.15) is 5.75 Å². The molecule has 1 aliphatic heterocycles. The molecule has 22 heavy (non-hydrogen) atoms. The van der Waals surface area contributed by atoms with Crippen LogP contribution >= 0.6 is 11.6 Å². The molecule has 112 valence electrons. The normalized spacial score (nSPS) is 15.8. The number of hydrogen-bond acceptors (Lipinski definition) is 3. The second kappa shape index (κ2) is 5.81. The number of nitrogens with one attached hydrogen (secondary N) is 1. The Bertz CT molecular complexity index is 757. The van der Waals surface area contributed by atoms with Crippen LogP contribution in [0.3, 0.4) is 0 Å². The van der Waals surface area contributed by atoms with Gasteiger partial charge < -0.3 is 10.1 Å². The van der Waals surface area contributed by atoms with Gasteiger partial charge in [0.15, 0.2) is 11.9 Å². The lowest BCUT2D eigenvalue weighted by molar-refractivity contribution is -0.122. The Balaban J connectivity index is 1.71. The van der Waals surface area contributed by atoms with Crippen LogP contribution < -0.4 is 10.1 Å². The molecule has 1 unspecified atom stereocenters. The van der Waals surface area contributed by atoms with Gasteiger partial charge in [-0.3, -0.25) is 9.59 Å². The Morgan fingerprint density at radius 3 is 2.82 bits per heavy atom. The van der Waals surface area contributed by atoms with Gasteiger partial charge in [0, 0.05) is 22.7 Å². The molecule has 5 heteroatoms. The number of fused-ring (bicyclic) bond motifs is 1. The molecule has 0 bridgehead atoms. The molecule has 0 aromatic heterocycles. The Labute approximate surface area is 133 Å². The third kappa shape index (κ3) is 2.97. The molecular weight excluding hydrogens is 302 g/mol. The zero-order valence-electron chi connectivity index (χ0n) is 11.9. The highest BCUT2D eigenvalue weighted by Gasteiger charge is 2.29. The minimum absolute atomic E-state index is 0.0461. The molecule has 1 heterocycles. The summed E-state index contributed by atoms with van der Waals surface area (Å²) in [6.07, 6.45) is -0.108. The minimum Gasteiger partial charge on any atom is -0.480 e. The van der Waals surface area contributed by atoms with Gasteiger partial charge in [-0.25, -0.2) is 0 Å². The van der Waals surface area contributed by atoms with Crippen LogP contribution in [0.25, 0.3) is 0 Å². The summed E-state index contributed by atoms with van der Waals surface area (Å²) in [5.74, 6) is 0.394. The fourth-order valence-electron chi connectivity index (χ4n) is 2.40. The predicted octanol–water partition coefficient (Wildman–Crippen LogP) is 3.48. The number of Topliss-reactive ketones (excluding diaryl/α,β-unsaturated/α-hetero) is 1. The summed E-state index contributed by atoms with van der Waals surface area (Å²) in [6, 6.07) is 12.1. The Kier molecular flexibility index (Phi) is 3.86. The van der Waals surface area contributed by atoms with E-state index in [1.807, 2.05) is 0 Å². The summed E-state index contributed by atoms with van der Waals surface area (Å²) in [5.41, 5.74) is 2.06. The number of anilines is 1. The number of carbonyl (C=O) groups is 2. The monoisotopic (exact) mass is 315 g/mol. The topological polar surface area (TPSA) is 55.4 Å². The largest absolute Gasteiger partial charge is 0.480 e. The fraction of sp³-hybridized carbons (Fsp3) is 0.176. The average molecular weight is 316 g/mol. The molecule has 0 fully saturated rings. The van der Waals surface area contributed by atoms with E-state index >= 15 is 0 Å². The Morgan fingerprint density at radius 2 is 2.05 bits per heavy atom. The van der Waals surface area contributed by atoms with Crippen molar-refractivity contribution in [3.8, 4) is 5.75 Å². The first kappa shape index (κ1) is 14.6. The van der Waals surface area contributed by atoms with Crippen LogP contribution in [0, 0.1) is 0 Å². The summed E-state index contributed by atoms with van der Waals surface area (Å²) < 4.78 is 5.64. The number of rotatable bonds is 3. The van der Waals surface area contributed by atoms with Gasteiger partial charge >= 0.3 is 0 Å². The van der Waals surface area contributed by atoms with Crippen LogP contribution in [0.1, 0.15) is 22.8 Å². The molecule has 1 atom stereocenters. The summed E-state index contributed by atoms with van der Waals surface area (Å²) in [7, 11) is 0. The van der Waals surface area contributed by atoms with Crippen LogP contribution in [-0.4, -0.2) is 17.8 Å². The molecule has 0 spiro atoms. The van der Waals surface area contributed by atoms with Crippen molar-refractivity contribution in [3.63, 3.8) is 0 Å². The first-order valence-electron chi connectivity index (χ1n) is 6.90. The van der Waals surface area contributed by atoms with Crippen LogP contribution in [0.2, 0.25) is 5.02 Å². The van der Waals surface area contributed by atoms with E-state index in [4.69, 9.17) is 16.3 Å². The SMILES string of the molecule is CC(=O)c1cccc(NC(=O)C2Cc3cc(Cl)ccc3O2)c1. The molecule has 4 nitrogen and oxygen atoms in total. The Hall–Kier alpha value is -2.33. The highest BCUT2D eigenvalue weighted by Crippen LogP contribution is 2.31. The van der Waals surface area contributed by atoms with Gasteiger partial charge in [0.2, 0.25) is 0 Å². The van der Waals surface area contributed by atoms with E-state index in [-0.39, 0.29) is 11.7 Å². The van der Waals surface area contributed by atoms with Crippen LogP contribution in [-0.2, 0) is 11.2 Å². The quantitative estimate of drug-likeness (QED) is 0.882. The lowest BCUT2D eigenvalue weighted by Crippen LogP contribution is -2.31. The highest BCUT2D eigenvalue weighted by molar-refractivity contribution is 6.30. The smallest absolute Gasteiger partial charge is 0.265 e. The number of benzene rings is 2.